The maximum atomic E-state index is 13.3. The van der Waals surface area contributed by atoms with E-state index in [9.17, 15) is 4.79 Å². The summed E-state index contributed by atoms with van der Waals surface area (Å²) in [6.07, 6.45) is 8.77. The SMILES string of the molecule is O=C(c1ccccc1)N1CCCCCC1C1CCN(c2cnc3ccccc3n2)CC1. The van der Waals surface area contributed by atoms with Crippen molar-refractivity contribution in [3.05, 3.63) is 66.4 Å². The number of para-hydroxylation sites is 2. The van der Waals surface area contributed by atoms with Crippen LogP contribution in [0.1, 0.15) is 48.9 Å². The molecule has 31 heavy (non-hydrogen) atoms. The normalized spacial score (nSPS) is 20.6. The Kier molecular flexibility index (Phi) is 5.83. The number of aromatic nitrogens is 2. The van der Waals surface area contributed by atoms with E-state index in [4.69, 9.17) is 4.98 Å². The molecule has 2 aromatic carbocycles. The topological polar surface area (TPSA) is 49.3 Å². The van der Waals surface area contributed by atoms with E-state index in [1.807, 2.05) is 60.8 Å². The number of rotatable bonds is 3. The second-order valence-electron chi connectivity index (χ2n) is 8.82. The molecule has 0 bridgehead atoms. The lowest BCUT2D eigenvalue weighted by Crippen LogP contribution is -2.48. The highest BCUT2D eigenvalue weighted by Crippen LogP contribution is 2.32. The van der Waals surface area contributed by atoms with E-state index < -0.39 is 0 Å². The quantitative estimate of drug-likeness (QED) is 0.610. The number of hydrogen-bond acceptors (Lipinski definition) is 4. The molecule has 3 heterocycles. The Balaban J connectivity index is 1.30. The van der Waals surface area contributed by atoms with Crippen LogP contribution in [0.15, 0.2) is 60.8 Å². The first-order valence-electron chi connectivity index (χ1n) is 11.6. The van der Waals surface area contributed by atoms with Crippen LogP contribution in [0.5, 0.6) is 0 Å². The van der Waals surface area contributed by atoms with Gasteiger partial charge in [0, 0.05) is 31.2 Å². The molecule has 160 valence electrons. The number of likely N-dealkylation sites (tertiary alicyclic amines) is 1. The van der Waals surface area contributed by atoms with E-state index in [1.54, 1.807) is 0 Å². The number of carbonyl (C=O) groups excluding carboxylic acids is 1. The van der Waals surface area contributed by atoms with Crippen LogP contribution in [0.25, 0.3) is 11.0 Å². The molecule has 1 atom stereocenters. The fourth-order valence-electron chi connectivity index (χ4n) is 5.24. The summed E-state index contributed by atoms with van der Waals surface area (Å²) in [4.78, 5) is 27.3. The van der Waals surface area contributed by atoms with Gasteiger partial charge < -0.3 is 9.80 Å². The molecule has 0 spiro atoms. The average molecular weight is 415 g/mol. The molecule has 0 saturated carbocycles. The Morgan fingerprint density at radius 3 is 2.35 bits per heavy atom. The molecule has 5 nitrogen and oxygen atoms in total. The third-order valence-electron chi connectivity index (χ3n) is 6.92. The molecular formula is C26H30N4O. The fourth-order valence-corrected chi connectivity index (χ4v) is 5.24. The van der Waals surface area contributed by atoms with Gasteiger partial charge in [-0.3, -0.25) is 9.78 Å². The third-order valence-corrected chi connectivity index (χ3v) is 6.92. The van der Waals surface area contributed by atoms with Gasteiger partial charge in [-0.1, -0.05) is 43.2 Å². The summed E-state index contributed by atoms with van der Waals surface area (Å²) in [6.45, 7) is 2.83. The minimum Gasteiger partial charge on any atom is -0.355 e. The van der Waals surface area contributed by atoms with E-state index >= 15 is 0 Å². The highest BCUT2D eigenvalue weighted by atomic mass is 16.2. The van der Waals surface area contributed by atoms with Crippen molar-refractivity contribution in [2.75, 3.05) is 24.5 Å². The summed E-state index contributed by atoms with van der Waals surface area (Å²) in [5.41, 5.74) is 2.71. The van der Waals surface area contributed by atoms with E-state index in [1.165, 1.54) is 12.8 Å². The molecule has 5 heteroatoms. The zero-order chi connectivity index (χ0) is 21.0. The van der Waals surface area contributed by atoms with Crippen molar-refractivity contribution >= 4 is 22.8 Å². The van der Waals surface area contributed by atoms with Crippen molar-refractivity contribution in [1.82, 2.24) is 14.9 Å². The van der Waals surface area contributed by atoms with E-state index in [2.05, 4.69) is 14.8 Å². The molecule has 1 unspecified atom stereocenters. The van der Waals surface area contributed by atoms with Crippen molar-refractivity contribution in [1.29, 1.82) is 0 Å². The molecule has 1 amide bonds. The van der Waals surface area contributed by atoms with E-state index in [0.717, 1.165) is 67.7 Å². The number of carbonyl (C=O) groups is 1. The monoisotopic (exact) mass is 414 g/mol. The number of hydrogen-bond donors (Lipinski definition) is 0. The van der Waals surface area contributed by atoms with Crippen LogP contribution in [-0.4, -0.2) is 46.5 Å². The largest absolute Gasteiger partial charge is 0.355 e. The lowest BCUT2D eigenvalue weighted by Gasteiger charge is -2.41. The fraction of sp³-hybridized carbons (Fsp3) is 0.423. The van der Waals surface area contributed by atoms with Crippen molar-refractivity contribution in [3.63, 3.8) is 0 Å². The molecule has 0 radical (unpaired) electrons. The Bertz CT molecular complexity index is 1030. The predicted octanol–water partition coefficient (Wildman–Crippen LogP) is 4.93. The molecule has 2 fully saturated rings. The minimum atomic E-state index is 0.204. The van der Waals surface area contributed by atoms with Crippen LogP contribution < -0.4 is 4.90 Å². The molecule has 0 N–H and O–H groups in total. The number of fused-ring (bicyclic) bond motifs is 1. The van der Waals surface area contributed by atoms with Gasteiger partial charge in [-0.2, -0.15) is 0 Å². The maximum absolute atomic E-state index is 13.3. The van der Waals surface area contributed by atoms with Gasteiger partial charge in [0.2, 0.25) is 0 Å². The molecule has 5 rings (SSSR count). The Morgan fingerprint density at radius 1 is 0.806 bits per heavy atom. The molecule has 3 aromatic rings. The number of benzene rings is 2. The standard InChI is InChI=1S/C26H30N4O/c31-26(21-9-3-1-4-10-21)30-16-8-2-5-13-24(30)20-14-17-29(18-15-20)25-19-27-22-11-6-7-12-23(22)28-25/h1,3-4,6-7,9-12,19-20,24H,2,5,8,13-18H2. The molecular weight excluding hydrogens is 384 g/mol. The summed E-state index contributed by atoms with van der Waals surface area (Å²) >= 11 is 0. The molecule has 2 aliphatic rings. The average Bonchev–Trinajstić information content (AvgIpc) is 3.10. The lowest BCUT2D eigenvalue weighted by atomic mass is 9.86. The summed E-state index contributed by atoms with van der Waals surface area (Å²) in [6, 6.07) is 18.2. The summed E-state index contributed by atoms with van der Waals surface area (Å²) in [7, 11) is 0. The first-order chi connectivity index (χ1) is 15.3. The number of amides is 1. The van der Waals surface area contributed by atoms with Gasteiger partial charge >= 0.3 is 0 Å². The maximum Gasteiger partial charge on any atom is 0.254 e. The predicted molar refractivity (Wildman–Crippen MR) is 124 cm³/mol. The van der Waals surface area contributed by atoms with Gasteiger partial charge in [0.25, 0.3) is 5.91 Å². The van der Waals surface area contributed by atoms with Crippen LogP contribution >= 0.6 is 0 Å². The van der Waals surface area contributed by atoms with Gasteiger partial charge in [-0.05, 0) is 55.9 Å². The van der Waals surface area contributed by atoms with Crippen LogP contribution in [0.4, 0.5) is 5.82 Å². The van der Waals surface area contributed by atoms with Crippen molar-refractivity contribution in [2.24, 2.45) is 5.92 Å². The number of piperidine rings is 1. The van der Waals surface area contributed by atoms with Crippen molar-refractivity contribution in [2.45, 2.75) is 44.6 Å². The Morgan fingerprint density at radius 2 is 1.55 bits per heavy atom. The smallest absolute Gasteiger partial charge is 0.254 e. The minimum absolute atomic E-state index is 0.204. The summed E-state index contributed by atoms with van der Waals surface area (Å²) in [5, 5.41) is 0. The van der Waals surface area contributed by atoms with Gasteiger partial charge in [0.05, 0.1) is 17.2 Å². The van der Waals surface area contributed by atoms with Gasteiger partial charge in [-0.25, -0.2) is 4.98 Å². The highest BCUT2D eigenvalue weighted by Gasteiger charge is 2.34. The van der Waals surface area contributed by atoms with Gasteiger partial charge in [0.15, 0.2) is 0 Å². The zero-order valence-corrected chi connectivity index (χ0v) is 18.0. The summed E-state index contributed by atoms with van der Waals surface area (Å²) in [5.74, 6) is 1.72. The molecule has 1 aromatic heterocycles. The van der Waals surface area contributed by atoms with Gasteiger partial charge in [0.1, 0.15) is 5.82 Å². The highest BCUT2D eigenvalue weighted by molar-refractivity contribution is 5.94. The summed E-state index contributed by atoms with van der Waals surface area (Å²) < 4.78 is 0. The first-order valence-corrected chi connectivity index (χ1v) is 11.6. The van der Waals surface area contributed by atoms with E-state index in [-0.39, 0.29) is 5.91 Å². The van der Waals surface area contributed by atoms with Crippen LogP contribution in [0.2, 0.25) is 0 Å². The van der Waals surface area contributed by atoms with Crippen LogP contribution in [-0.2, 0) is 0 Å². The zero-order valence-electron chi connectivity index (χ0n) is 18.0. The first kappa shape index (κ1) is 20.0. The van der Waals surface area contributed by atoms with Crippen LogP contribution in [0.3, 0.4) is 0 Å². The molecule has 2 saturated heterocycles. The van der Waals surface area contributed by atoms with Crippen LogP contribution in [0, 0.1) is 5.92 Å². The van der Waals surface area contributed by atoms with Crippen molar-refractivity contribution < 1.29 is 4.79 Å². The number of anilines is 1. The second kappa shape index (κ2) is 9.04. The van der Waals surface area contributed by atoms with Crippen molar-refractivity contribution in [3.8, 4) is 0 Å². The third kappa shape index (κ3) is 4.27. The lowest BCUT2D eigenvalue weighted by molar-refractivity contribution is 0.0588. The molecule has 0 aliphatic carbocycles. The Labute approximate surface area is 184 Å². The number of nitrogens with zero attached hydrogens (tertiary/aromatic N) is 4. The Hall–Kier alpha value is -2.95. The van der Waals surface area contributed by atoms with Gasteiger partial charge in [-0.15, -0.1) is 0 Å². The second-order valence-corrected chi connectivity index (χ2v) is 8.82. The molecule has 2 aliphatic heterocycles. The van der Waals surface area contributed by atoms with E-state index in [0.29, 0.717) is 12.0 Å².